The number of Topliss-reactive ketones (excluding diaryl/α,β-unsaturated/α-hetero) is 1. The van der Waals surface area contributed by atoms with Crippen molar-refractivity contribution in [3.63, 3.8) is 0 Å². The summed E-state index contributed by atoms with van der Waals surface area (Å²) < 4.78 is 27.9. The number of carbonyl (C=O) groups is 3. The summed E-state index contributed by atoms with van der Waals surface area (Å²) in [4.78, 5) is 35.1. The average Bonchev–Trinajstić information content (AvgIpc) is 2.74. The fourth-order valence-electron chi connectivity index (χ4n) is 2.78. The van der Waals surface area contributed by atoms with Crippen molar-refractivity contribution in [3.8, 4) is 0 Å². The Labute approximate surface area is 178 Å². The van der Waals surface area contributed by atoms with Crippen LogP contribution >= 0.6 is 0 Å². The molecule has 0 radical (unpaired) electrons. The number of hydrogen-bond donors (Lipinski definition) is 2. The summed E-state index contributed by atoms with van der Waals surface area (Å²) in [5.41, 5.74) is 0.380. The van der Waals surface area contributed by atoms with E-state index in [0.29, 0.717) is 5.56 Å². The highest BCUT2D eigenvalue weighted by Gasteiger charge is 2.18. The van der Waals surface area contributed by atoms with Gasteiger partial charge < -0.3 is 15.2 Å². The van der Waals surface area contributed by atoms with Crippen molar-refractivity contribution in [1.82, 2.24) is 0 Å². The van der Waals surface area contributed by atoms with E-state index in [0.717, 1.165) is 6.07 Å². The minimum Gasteiger partial charge on any atom is -0.545 e. The molecule has 0 aliphatic carbocycles. The van der Waals surface area contributed by atoms with Crippen molar-refractivity contribution >= 4 is 39.1 Å². The van der Waals surface area contributed by atoms with Crippen LogP contribution in [-0.4, -0.2) is 26.1 Å². The van der Waals surface area contributed by atoms with Gasteiger partial charge in [-0.3, -0.25) is 14.3 Å². The van der Waals surface area contributed by atoms with Gasteiger partial charge >= 0.3 is 0 Å². The van der Waals surface area contributed by atoms with E-state index in [-0.39, 0.29) is 33.2 Å². The van der Waals surface area contributed by atoms with Crippen molar-refractivity contribution in [2.45, 2.75) is 11.8 Å². The van der Waals surface area contributed by atoms with Crippen molar-refractivity contribution in [2.75, 3.05) is 10.0 Å². The van der Waals surface area contributed by atoms with Gasteiger partial charge in [0.15, 0.2) is 5.78 Å². The highest BCUT2D eigenvalue weighted by atomic mass is 32.2. The molecule has 3 aromatic rings. The maximum atomic E-state index is 12.7. The number of aromatic carboxylic acids is 1. The monoisotopic (exact) mass is 437 g/mol. The lowest BCUT2D eigenvalue weighted by molar-refractivity contribution is -0.254. The first-order valence-electron chi connectivity index (χ1n) is 9.03. The second-order valence-corrected chi connectivity index (χ2v) is 8.24. The Morgan fingerprint density at radius 1 is 0.839 bits per heavy atom. The Morgan fingerprint density at radius 2 is 1.52 bits per heavy atom. The maximum absolute atomic E-state index is 12.7. The molecule has 0 bridgehead atoms. The van der Waals surface area contributed by atoms with Crippen molar-refractivity contribution < 1.29 is 27.9 Å². The van der Waals surface area contributed by atoms with Crippen molar-refractivity contribution in [2.24, 2.45) is 0 Å². The number of hydrogen-bond acceptors (Lipinski definition) is 6. The number of anilines is 2. The maximum Gasteiger partial charge on any atom is 0.261 e. The number of carboxylic acids is 1. The number of rotatable bonds is 7. The SMILES string of the molecule is CC(=O)c1cccc(NS(=O)(=O)c2cccc(C(=O)Nc3ccccc3C(=O)[O-])c2)c1. The predicted molar refractivity (Wildman–Crippen MR) is 112 cm³/mol. The Bertz CT molecular complexity index is 1280. The molecule has 0 atom stereocenters. The molecule has 3 aromatic carbocycles. The van der Waals surface area contributed by atoms with Gasteiger partial charge in [-0.15, -0.1) is 0 Å². The first kappa shape index (κ1) is 21.7. The molecule has 0 saturated carbocycles. The number of nitrogens with one attached hydrogen (secondary N) is 2. The summed E-state index contributed by atoms with van der Waals surface area (Å²) in [7, 11) is -4.05. The van der Waals surface area contributed by atoms with Crippen molar-refractivity contribution in [3.05, 3.63) is 89.5 Å². The highest BCUT2D eigenvalue weighted by Crippen LogP contribution is 2.20. The molecule has 2 N–H and O–H groups in total. The second kappa shape index (κ2) is 8.80. The molecule has 0 aliphatic heterocycles. The molecule has 9 heteroatoms. The molecule has 0 heterocycles. The van der Waals surface area contributed by atoms with E-state index < -0.39 is 21.9 Å². The van der Waals surface area contributed by atoms with E-state index in [9.17, 15) is 27.9 Å². The molecule has 158 valence electrons. The Morgan fingerprint density at radius 3 is 2.23 bits per heavy atom. The van der Waals surface area contributed by atoms with Gasteiger partial charge in [0, 0.05) is 22.4 Å². The number of para-hydroxylation sites is 1. The zero-order chi connectivity index (χ0) is 22.6. The average molecular weight is 437 g/mol. The van der Waals surface area contributed by atoms with Crippen LogP contribution in [0.1, 0.15) is 38.0 Å². The van der Waals surface area contributed by atoms with Crippen LogP contribution in [0.3, 0.4) is 0 Å². The summed E-state index contributed by atoms with van der Waals surface area (Å²) in [5, 5.41) is 13.6. The Kier molecular flexibility index (Phi) is 6.17. The zero-order valence-electron chi connectivity index (χ0n) is 16.3. The summed E-state index contributed by atoms with van der Waals surface area (Å²) in [5.74, 6) is -2.36. The normalized spacial score (nSPS) is 10.9. The third-order valence-electron chi connectivity index (χ3n) is 4.32. The summed E-state index contributed by atoms with van der Waals surface area (Å²) >= 11 is 0. The second-order valence-electron chi connectivity index (χ2n) is 6.56. The molecule has 8 nitrogen and oxygen atoms in total. The topological polar surface area (TPSA) is 132 Å². The first-order valence-corrected chi connectivity index (χ1v) is 10.5. The van der Waals surface area contributed by atoms with Gasteiger partial charge in [-0.1, -0.05) is 36.4 Å². The Balaban J connectivity index is 1.85. The van der Waals surface area contributed by atoms with E-state index >= 15 is 0 Å². The molecule has 0 unspecified atom stereocenters. The van der Waals surface area contributed by atoms with Gasteiger partial charge in [0.25, 0.3) is 15.9 Å². The van der Waals surface area contributed by atoms with Crippen LogP contribution in [-0.2, 0) is 10.0 Å². The lowest BCUT2D eigenvalue weighted by Crippen LogP contribution is -2.24. The lowest BCUT2D eigenvalue weighted by atomic mass is 10.1. The zero-order valence-corrected chi connectivity index (χ0v) is 17.1. The minimum absolute atomic E-state index is 0.00788. The minimum atomic E-state index is -4.05. The lowest BCUT2D eigenvalue weighted by Gasteiger charge is -2.13. The van der Waals surface area contributed by atoms with E-state index in [2.05, 4.69) is 10.0 Å². The third-order valence-corrected chi connectivity index (χ3v) is 5.70. The number of sulfonamides is 1. The largest absolute Gasteiger partial charge is 0.545 e. The van der Waals surface area contributed by atoms with Crippen LogP contribution in [0.4, 0.5) is 11.4 Å². The first-order chi connectivity index (χ1) is 14.7. The fraction of sp³-hybridized carbons (Fsp3) is 0.0455. The number of carbonyl (C=O) groups excluding carboxylic acids is 3. The molecule has 31 heavy (non-hydrogen) atoms. The van der Waals surface area contributed by atoms with Gasteiger partial charge in [-0.2, -0.15) is 0 Å². The summed E-state index contributed by atoms with van der Waals surface area (Å²) in [6.45, 7) is 1.37. The van der Waals surface area contributed by atoms with E-state index in [1.165, 1.54) is 55.5 Å². The number of benzene rings is 3. The number of carboxylic acid groups (broad SMARTS) is 1. The van der Waals surface area contributed by atoms with Gasteiger partial charge in [-0.25, -0.2) is 8.42 Å². The van der Waals surface area contributed by atoms with Crippen molar-refractivity contribution in [1.29, 1.82) is 0 Å². The van der Waals surface area contributed by atoms with Crippen LogP contribution in [0.2, 0.25) is 0 Å². The van der Waals surface area contributed by atoms with Crippen LogP contribution in [0.5, 0.6) is 0 Å². The van der Waals surface area contributed by atoms with E-state index in [1.54, 1.807) is 18.2 Å². The van der Waals surface area contributed by atoms with Gasteiger partial charge in [-0.05, 0) is 43.3 Å². The molecule has 3 rings (SSSR count). The highest BCUT2D eigenvalue weighted by molar-refractivity contribution is 7.92. The van der Waals surface area contributed by atoms with Crippen LogP contribution < -0.4 is 15.1 Å². The van der Waals surface area contributed by atoms with Gasteiger partial charge in [0.1, 0.15) is 0 Å². The Hall–Kier alpha value is -3.98. The number of amides is 1. The standard InChI is InChI=1S/C22H18N2O6S/c1-14(25)15-6-4-8-17(12-15)24-31(29,30)18-9-5-7-16(13-18)21(26)23-20-11-3-2-10-19(20)22(27)28/h2-13,24H,1H3,(H,23,26)(H,27,28)/p-1. The van der Waals surface area contributed by atoms with Crippen LogP contribution in [0, 0.1) is 0 Å². The van der Waals surface area contributed by atoms with Crippen LogP contribution in [0.25, 0.3) is 0 Å². The predicted octanol–water partition coefficient (Wildman–Crippen LogP) is 2.31. The number of ketones is 1. The quantitative estimate of drug-likeness (QED) is 0.545. The van der Waals surface area contributed by atoms with Gasteiger partial charge in [0.2, 0.25) is 0 Å². The molecule has 0 saturated heterocycles. The third kappa shape index (κ3) is 5.14. The molecule has 0 fully saturated rings. The van der Waals surface area contributed by atoms with E-state index in [1.807, 2.05) is 0 Å². The smallest absolute Gasteiger partial charge is 0.261 e. The van der Waals surface area contributed by atoms with Crippen LogP contribution in [0.15, 0.2) is 77.7 Å². The summed E-state index contributed by atoms with van der Waals surface area (Å²) in [6, 6.07) is 17.0. The molecule has 0 spiro atoms. The molecular formula is C22H17N2O6S-. The fourth-order valence-corrected chi connectivity index (χ4v) is 3.88. The molecule has 0 aromatic heterocycles. The summed E-state index contributed by atoms with van der Waals surface area (Å²) in [6.07, 6.45) is 0. The molecular weight excluding hydrogens is 420 g/mol. The molecule has 1 amide bonds. The van der Waals surface area contributed by atoms with Gasteiger partial charge in [0.05, 0.1) is 16.6 Å². The molecule has 0 aliphatic rings. The van der Waals surface area contributed by atoms with E-state index in [4.69, 9.17) is 0 Å².